The Labute approximate surface area is 51.3 Å². The summed E-state index contributed by atoms with van der Waals surface area (Å²) in [7, 11) is 1.75. The summed E-state index contributed by atoms with van der Waals surface area (Å²) in [6, 6.07) is 0. The highest BCUT2D eigenvalue weighted by molar-refractivity contribution is 14.1. The molecule has 0 bridgehead atoms. The summed E-state index contributed by atoms with van der Waals surface area (Å²) in [5.74, 6) is 0. The number of halogens is 1. The fraction of sp³-hybridized carbons (Fsp3) is 0.250. The Kier molecular flexibility index (Phi) is 5.26. The van der Waals surface area contributed by atoms with Crippen LogP contribution in [-0.4, -0.2) is 13.3 Å². The Hall–Kier alpha value is 0.140. The third-order valence-corrected chi connectivity index (χ3v) is 0.723. The van der Waals surface area contributed by atoms with Gasteiger partial charge in [-0.2, -0.15) is 0 Å². The number of hydrogen-bond donors (Lipinski definition) is 0. The van der Waals surface area contributed by atoms with E-state index in [4.69, 9.17) is 0 Å². The minimum absolute atomic E-state index is 1.74. The zero-order chi connectivity index (χ0) is 4.83. The molecule has 1 nitrogen and oxygen atoms in total. The lowest BCUT2D eigenvalue weighted by Crippen LogP contribution is -1.55. The van der Waals surface area contributed by atoms with Crippen LogP contribution in [0.2, 0.25) is 0 Å². The van der Waals surface area contributed by atoms with Crippen LogP contribution in [0.15, 0.2) is 15.2 Å². The van der Waals surface area contributed by atoms with Crippen LogP contribution in [0.25, 0.3) is 0 Å². The molecule has 0 atom stereocenters. The van der Waals surface area contributed by atoms with Crippen molar-refractivity contribution < 1.29 is 0 Å². The lowest BCUT2D eigenvalue weighted by molar-refractivity contribution is 1.48. The largest absolute Gasteiger partial charge is 0.296 e. The summed E-state index contributed by atoms with van der Waals surface area (Å²) >= 11 is 2.14. The average molecular weight is 195 g/mol. The van der Waals surface area contributed by atoms with Gasteiger partial charge in [0.15, 0.2) is 0 Å². The summed E-state index contributed by atoms with van der Waals surface area (Å²) in [6.45, 7) is 0. The van der Waals surface area contributed by atoms with Gasteiger partial charge < -0.3 is 0 Å². The molecule has 0 unspecified atom stereocenters. The maximum atomic E-state index is 3.71. The lowest BCUT2D eigenvalue weighted by atomic mass is 10.7. The second kappa shape index (κ2) is 5.14. The van der Waals surface area contributed by atoms with Gasteiger partial charge in [-0.3, -0.25) is 4.99 Å². The molecule has 0 fully saturated rings. The van der Waals surface area contributed by atoms with Crippen molar-refractivity contribution in [3.8, 4) is 0 Å². The van der Waals surface area contributed by atoms with Crippen LogP contribution >= 0.6 is 22.6 Å². The predicted molar refractivity (Wildman–Crippen MR) is 37.6 cm³/mol. The van der Waals surface area contributed by atoms with Crippen molar-refractivity contribution in [3.05, 3.63) is 10.2 Å². The first-order chi connectivity index (χ1) is 2.91. The van der Waals surface area contributed by atoms with Gasteiger partial charge in [-0.15, -0.1) is 0 Å². The standard InChI is InChI=1S/C4H6IN/c1-6-4-2-3-5/h2-4H,1H3/b3-2-,6-4-. The van der Waals surface area contributed by atoms with E-state index in [2.05, 4.69) is 27.6 Å². The second-order valence-corrected chi connectivity index (χ2v) is 1.44. The minimum atomic E-state index is 1.74. The van der Waals surface area contributed by atoms with Gasteiger partial charge in [-0.1, -0.05) is 22.6 Å². The van der Waals surface area contributed by atoms with Gasteiger partial charge in [-0.25, -0.2) is 0 Å². The summed E-state index contributed by atoms with van der Waals surface area (Å²) in [5, 5.41) is 0. The van der Waals surface area contributed by atoms with Crippen molar-refractivity contribution in [2.24, 2.45) is 4.99 Å². The number of rotatable bonds is 1. The van der Waals surface area contributed by atoms with Gasteiger partial charge in [0, 0.05) is 13.3 Å². The first-order valence-corrected chi connectivity index (χ1v) is 2.84. The van der Waals surface area contributed by atoms with Crippen molar-refractivity contribution in [1.82, 2.24) is 0 Å². The Morgan fingerprint density at radius 1 is 1.67 bits per heavy atom. The number of nitrogens with zero attached hydrogens (tertiary/aromatic N) is 1. The molecule has 0 N–H and O–H groups in total. The molecule has 0 saturated heterocycles. The molecule has 2 heteroatoms. The number of aliphatic imine (C=N–C) groups is 1. The smallest absolute Gasteiger partial charge is 0.0277 e. The van der Waals surface area contributed by atoms with Crippen LogP contribution in [0.3, 0.4) is 0 Å². The molecule has 0 aromatic heterocycles. The molecule has 0 amide bonds. The molecular formula is C4H6IN. The van der Waals surface area contributed by atoms with Gasteiger partial charge in [0.05, 0.1) is 0 Å². The van der Waals surface area contributed by atoms with Crippen LogP contribution in [0.5, 0.6) is 0 Å². The first kappa shape index (κ1) is 6.14. The van der Waals surface area contributed by atoms with E-state index in [-0.39, 0.29) is 0 Å². The third kappa shape index (κ3) is 4.14. The summed E-state index contributed by atoms with van der Waals surface area (Å²) < 4.78 is 1.91. The highest BCUT2D eigenvalue weighted by Gasteiger charge is 1.50. The van der Waals surface area contributed by atoms with Crippen LogP contribution in [0.1, 0.15) is 0 Å². The molecule has 6 heavy (non-hydrogen) atoms. The van der Waals surface area contributed by atoms with Crippen molar-refractivity contribution in [2.75, 3.05) is 7.05 Å². The zero-order valence-electron chi connectivity index (χ0n) is 3.56. The number of allylic oxidation sites excluding steroid dienone is 1. The van der Waals surface area contributed by atoms with Gasteiger partial charge in [0.25, 0.3) is 0 Å². The van der Waals surface area contributed by atoms with Gasteiger partial charge in [-0.05, 0) is 10.2 Å². The molecule has 0 heterocycles. The molecule has 34 valence electrons. The quantitative estimate of drug-likeness (QED) is 0.445. The summed E-state index contributed by atoms with van der Waals surface area (Å²) in [4.78, 5) is 3.71. The van der Waals surface area contributed by atoms with E-state index < -0.39 is 0 Å². The number of hydrogen-bond acceptors (Lipinski definition) is 1. The lowest BCUT2D eigenvalue weighted by Gasteiger charge is -1.62. The fourth-order valence-electron chi connectivity index (χ4n) is 0.119. The highest BCUT2D eigenvalue weighted by atomic mass is 127. The van der Waals surface area contributed by atoms with Crippen LogP contribution in [0.4, 0.5) is 0 Å². The van der Waals surface area contributed by atoms with E-state index in [1.54, 1.807) is 13.3 Å². The Morgan fingerprint density at radius 3 is 2.50 bits per heavy atom. The molecule has 0 spiro atoms. The monoisotopic (exact) mass is 195 g/mol. The minimum Gasteiger partial charge on any atom is -0.296 e. The van der Waals surface area contributed by atoms with Crippen molar-refractivity contribution >= 4 is 28.8 Å². The van der Waals surface area contributed by atoms with Crippen LogP contribution in [0, 0.1) is 0 Å². The zero-order valence-corrected chi connectivity index (χ0v) is 5.71. The molecule has 0 radical (unpaired) electrons. The van der Waals surface area contributed by atoms with E-state index in [0.717, 1.165) is 0 Å². The Morgan fingerprint density at radius 2 is 2.33 bits per heavy atom. The fourth-order valence-corrected chi connectivity index (χ4v) is 0.304. The predicted octanol–water partition coefficient (Wildman–Crippen LogP) is 1.64. The third-order valence-electron chi connectivity index (χ3n) is 0.308. The SMILES string of the molecule is C/N=C\C=C/I. The Balaban J connectivity index is 3.07. The molecule has 0 aliphatic heterocycles. The molecule has 0 aromatic carbocycles. The second-order valence-electron chi connectivity index (χ2n) is 0.726. The van der Waals surface area contributed by atoms with Crippen LogP contribution < -0.4 is 0 Å². The van der Waals surface area contributed by atoms with Gasteiger partial charge >= 0.3 is 0 Å². The highest BCUT2D eigenvalue weighted by Crippen LogP contribution is 1.78. The van der Waals surface area contributed by atoms with Crippen molar-refractivity contribution in [3.63, 3.8) is 0 Å². The average Bonchev–Trinajstić information content (AvgIpc) is 1.61. The van der Waals surface area contributed by atoms with E-state index in [1.807, 2.05) is 10.2 Å². The molecule has 0 aromatic rings. The van der Waals surface area contributed by atoms with E-state index in [0.29, 0.717) is 0 Å². The van der Waals surface area contributed by atoms with Crippen molar-refractivity contribution in [2.45, 2.75) is 0 Å². The van der Waals surface area contributed by atoms with E-state index >= 15 is 0 Å². The van der Waals surface area contributed by atoms with Gasteiger partial charge in [0.2, 0.25) is 0 Å². The molecule has 0 saturated carbocycles. The molecule has 0 aliphatic rings. The topological polar surface area (TPSA) is 12.4 Å². The maximum absolute atomic E-state index is 3.71. The normalized spacial score (nSPS) is 11.7. The van der Waals surface area contributed by atoms with E-state index in [9.17, 15) is 0 Å². The first-order valence-electron chi connectivity index (χ1n) is 1.59. The van der Waals surface area contributed by atoms with E-state index in [1.165, 1.54) is 0 Å². The molecular weight excluding hydrogens is 189 g/mol. The summed E-state index contributed by atoms with van der Waals surface area (Å²) in [5.41, 5.74) is 0. The molecule has 0 aliphatic carbocycles. The maximum Gasteiger partial charge on any atom is 0.0277 e. The van der Waals surface area contributed by atoms with Crippen LogP contribution in [-0.2, 0) is 0 Å². The van der Waals surface area contributed by atoms with Crippen molar-refractivity contribution in [1.29, 1.82) is 0 Å². The molecule has 0 rings (SSSR count). The summed E-state index contributed by atoms with van der Waals surface area (Å²) in [6.07, 6.45) is 3.62. The Bertz CT molecular complexity index is 55.9. The van der Waals surface area contributed by atoms with Gasteiger partial charge in [0.1, 0.15) is 0 Å².